The highest BCUT2D eigenvalue weighted by molar-refractivity contribution is 7.91. The van der Waals surface area contributed by atoms with Crippen molar-refractivity contribution in [1.29, 1.82) is 0 Å². The lowest BCUT2D eigenvalue weighted by atomic mass is 9.98. The van der Waals surface area contributed by atoms with Crippen LogP contribution in [0.5, 0.6) is 0 Å². The molecule has 0 aromatic rings. The average Bonchev–Trinajstić information content (AvgIpc) is 2.57. The minimum atomic E-state index is -2.80. The Morgan fingerprint density at radius 1 is 1.38 bits per heavy atom. The Balaban J connectivity index is 1.96. The molecule has 2 N–H and O–H groups in total. The fourth-order valence-corrected chi connectivity index (χ4v) is 4.53. The van der Waals surface area contributed by atoms with Gasteiger partial charge in [0, 0.05) is 24.7 Å². The Labute approximate surface area is 98.1 Å². The van der Waals surface area contributed by atoms with Gasteiger partial charge in [0.1, 0.15) is 0 Å². The van der Waals surface area contributed by atoms with Crippen molar-refractivity contribution in [2.45, 2.75) is 44.2 Å². The van der Waals surface area contributed by atoms with Crippen molar-refractivity contribution in [2.24, 2.45) is 5.73 Å². The molecule has 0 aromatic carbocycles. The number of nitrogens with two attached hydrogens (primary N) is 1. The number of nitrogens with zero attached hydrogens (tertiary/aromatic N) is 1. The molecule has 0 amide bonds. The molecule has 0 spiro atoms. The first-order valence-corrected chi connectivity index (χ1v) is 7.96. The van der Waals surface area contributed by atoms with Crippen LogP contribution in [0.3, 0.4) is 0 Å². The summed E-state index contributed by atoms with van der Waals surface area (Å²) in [5.41, 5.74) is 6.27. The normalized spacial score (nSPS) is 34.0. The van der Waals surface area contributed by atoms with E-state index >= 15 is 0 Å². The second-order valence-electron chi connectivity index (χ2n) is 5.50. The van der Waals surface area contributed by atoms with Gasteiger partial charge in [-0.05, 0) is 19.8 Å². The highest BCUT2D eigenvalue weighted by Crippen LogP contribution is 2.29. The monoisotopic (exact) mass is 246 g/mol. The SMILES string of the molecule is CC1CS(=O)(=O)CCN1CC1(N)CCCC1. The number of hydrogen-bond donors (Lipinski definition) is 1. The van der Waals surface area contributed by atoms with Gasteiger partial charge in [-0.15, -0.1) is 0 Å². The lowest BCUT2D eigenvalue weighted by Crippen LogP contribution is -2.55. The second kappa shape index (κ2) is 4.27. The maximum Gasteiger partial charge on any atom is 0.153 e. The summed E-state index contributed by atoms with van der Waals surface area (Å²) in [6.07, 6.45) is 4.61. The van der Waals surface area contributed by atoms with Gasteiger partial charge in [-0.2, -0.15) is 0 Å². The van der Waals surface area contributed by atoms with Crippen LogP contribution in [0.25, 0.3) is 0 Å². The van der Waals surface area contributed by atoms with E-state index in [-0.39, 0.29) is 11.6 Å². The summed E-state index contributed by atoms with van der Waals surface area (Å²) in [5, 5.41) is 0. The molecule has 16 heavy (non-hydrogen) atoms. The molecule has 1 atom stereocenters. The van der Waals surface area contributed by atoms with E-state index in [9.17, 15) is 8.42 Å². The van der Waals surface area contributed by atoms with Crippen LogP contribution in [0.2, 0.25) is 0 Å². The van der Waals surface area contributed by atoms with E-state index in [1.165, 1.54) is 12.8 Å². The van der Waals surface area contributed by atoms with Crippen LogP contribution < -0.4 is 5.73 Å². The number of sulfone groups is 1. The fraction of sp³-hybridized carbons (Fsp3) is 1.00. The van der Waals surface area contributed by atoms with E-state index in [0.717, 1.165) is 19.4 Å². The third-order valence-corrected chi connectivity index (χ3v) is 5.72. The van der Waals surface area contributed by atoms with Gasteiger partial charge in [-0.25, -0.2) is 8.42 Å². The first kappa shape index (κ1) is 12.3. The molecule has 1 heterocycles. The van der Waals surface area contributed by atoms with E-state index in [4.69, 9.17) is 5.73 Å². The Morgan fingerprint density at radius 2 is 2.00 bits per heavy atom. The molecule has 1 aliphatic carbocycles. The van der Waals surface area contributed by atoms with Crippen molar-refractivity contribution in [3.63, 3.8) is 0 Å². The maximum absolute atomic E-state index is 11.5. The summed E-state index contributed by atoms with van der Waals surface area (Å²) >= 11 is 0. The van der Waals surface area contributed by atoms with Crippen molar-refractivity contribution in [1.82, 2.24) is 4.90 Å². The lowest BCUT2D eigenvalue weighted by Gasteiger charge is -2.38. The Kier molecular flexibility index (Phi) is 3.29. The zero-order chi connectivity index (χ0) is 11.8. The first-order valence-electron chi connectivity index (χ1n) is 6.14. The van der Waals surface area contributed by atoms with Crippen LogP contribution >= 0.6 is 0 Å². The van der Waals surface area contributed by atoms with Gasteiger partial charge in [0.25, 0.3) is 0 Å². The highest BCUT2D eigenvalue weighted by Gasteiger charge is 2.35. The molecular weight excluding hydrogens is 224 g/mol. The highest BCUT2D eigenvalue weighted by atomic mass is 32.2. The van der Waals surface area contributed by atoms with Gasteiger partial charge in [0.15, 0.2) is 9.84 Å². The van der Waals surface area contributed by atoms with E-state index in [1.54, 1.807) is 0 Å². The summed E-state index contributed by atoms with van der Waals surface area (Å²) in [7, 11) is -2.80. The van der Waals surface area contributed by atoms with Gasteiger partial charge in [0.05, 0.1) is 11.5 Å². The zero-order valence-corrected chi connectivity index (χ0v) is 10.8. The molecule has 94 valence electrons. The van der Waals surface area contributed by atoms with Crippen LogP contribution in [0, 0.1) is 0 Å². The molecule has 0 bridgehead atoms. The minimum Gasteiger partial charge on any atom is -0.324 e. The van der Waals surface area contributed by atoms with E-state index in [1.807, 2.05) is 6.92 Å². The quantitative estimate of drug-likeness (QED) is 0.765. The lowest BCUT2D eigenvalue weighted by molar-refractivity contribution is 0.174. The minimum absolute atomic E-state index is 0.0602. The second-order valence-corrected chi connectivity index (χ2v) is 7.73. The first-order chi connectivity index (χ1) is 7.40. The Bertz CT molecular complexity index is 347. The Hall–Kier alpha value is -0.130. The van der Waals surface area contributed by atoms with Crippen LogP contribution in [0.1, 0.15) is 32.6 Å². The summed E-state index contributed by atoms with van der Waals surface area (Å²) in [6, 6.07) is 0.125. The van der Waals surface area contributed by atoms with E-state index in [2.05, 4.69) is 4.90 Å². The maximum atomic E-state index is 11.5. The smallest absolute Gasteiger partial charge is 0.153 e. The largest absolute Gasteiger partial charge is 0.324 e. The van der Waals surface area contributed by atoms with Crippen molar-refractivity contribution in [2.75, 3.05) is 24.6 Å². The average molecular weight is 246 g/mol. The molecule has 2 rings (SSSR count). The molecule has 1 saturated carbocycles. The van der Waals surface area contributed by atoms with Crippen molar-refractivity contribution in [3.8, 4) is 0 Å². The van der Waals surface area contributed by atoms with Crippen molar-refractivity contribution < 1.29 is 8.42 Å². The molecule has 2 fully saturated rings. The van der Waals surface area contributed by atoms with Gasteiger partial charge in [0.2, 0.25) is 0 Å². The molecule has 1 unspecified atom stereocenters. The number of hydrogen-bond acceptors (Lipinski definition) is 4. The van der Waals surface area contributed by atoms with Crippen LogP contribution in [0.4, 0.5) is 0 Å². The topological polar surface area (TPSA) is 63.4 Å². The third-order valence-electron chi connectivity index (χ3n) is 3.93. The van der Waals surface area contributed by atoms with Crippen LogP contribution in [0.15, 0.2) is 0 Å². The predicted molar refractivity (Wildman–Crippen MR) is 65.1 cm³/mol. The summed E-state index contributed by atoms with van der Waals surface area (Å²) in [4.78, 5) is 2.26. The molecule has 1 saturated heterocycles. The van der Waals surface area contributed by atoms with Gasteiger partial charge >= 0.3 is 0 Å². The number of rotatable bonds is 2. The van der Waals surface area contributed by atoms with E-state index < -0.39 is 9.84 Å². The fourth-order valence-electron chi connectivity index (χ4n) is 2.91. The predicted octanol–water partition coefficient (Wildman–Crippen LogP) is 0.377. The van der Waals surface area contributed by atoms with Crippen LogP contribution in [-0.4, -0.2) is 49.5 Å². The Morgan fingerprint density at radius 3 is 2.56 bits per heavy atom. The summed E-state index contributed by atoms with van der Waals surface area (Å²) < 4.78 is 22.9. The molecule has 2 aliphatic rings. The third kappa shape index (κ3) is 2.76. The van der Waals surface area contributed by atoms with Gasteiger partial charge in [-0.1, -0.05) is 12.8 Å². The summed E-state index contributed by atoms with van der Waals surface area (Å²) in [5.74, 6) is 0.594. The van der Waals surface area contributed by atoms with E-state index in [0.29, 0.717) is 18.1 Å². The standard InChI is InChI=1S/C11H22N2O2S/c1-10-8-16(14,15)7-6-13(10)9-11(12)4-2-3-5-11/h10H,2-9,12H2,1H3. The molecule has 0 radical (unpaired) electrons. The van der Waals surface area contributed by atoms with Crippen molar-refractivity contribution >= 4 is 9.84 Å². The zero-order valence-electron chi connectivity index (χ0n) is 9.98. The molecular formula is C11H22N2O2S. The molecule has 4 nitrogen and oxygen atoms in total. The summed E-state index contributed by atoms with van der Waals surface area (Å²) in [6.45, 7) is 3.52. The molecule has 5 heteroatoms. The van der Waals surface area contributed by atoms with Gasteiger partial charge < -0.3 is 5.73 Å². The molecule has 1 aliphatic heterocycles. The van der Waals surface area contributed by atoms with Gasteiger partial charge in [-0.3, -0.25) is 4.90 Å². The van der Waals surface area contributed by atoms with Crippen LogP contribution in [-0.2, 0) is 9.84 Å². The molecule has 0 aromatic heterocycles. The van der Waals surface area contributed by atoms with Crippen molar-refractivity contribution in [3.05, 3.63) is 0 Å².